The molecule has 592 valence electrons. The van der Waals surface area contributed by atoms with Crippen LogP contribution in [0.1, 0.15) is 89.5 Å². The van der Waals surface area contributed by atoms with Crippen molar-refractivity contribution in [1.29, 1.82) is 0 Å². The van der Waals surface area contributed by atoms with E-state index in [-0.39, 0.29) is 111 Å². The number of aliphatic hydroxyl groups is 2. The van der Waals surface area contributed by atoms with E-state index in [1.54, 1.807) is 81.6 Å². The molecule has 112 heavy (non-hydrogen) atoms. The number of nitrogens with zero attached hydrogens (tertiary/aromatic N) is 2. The maximum absolute atomic E-state index is 14.0. The number of benzene rings is 5. The Bertz CT molecular complexity index is 4730. The molecule has 0 radical (unpaired) electrons. The van der Waals surface area contributed by atoms with Crippen LogP contribution < -0.4 is 41.0 Å². The highest BCUT2D eigenvalue weighted by Gasteiger charge is 2.81. The van der Waals surface area contributed by atoms with E-state index in [2.05, 4.69) is 27.0 Å². The Hall–Kier alpha value is -9.64. The lowest BCUT2D eigenvalue weighted by molar-refractivity contribution is -0.422. The lowest BCUT2D eigenvalue weighted by Gasteiger charge is -2.59. The molecule has 16 atom stereocenters. The van der Waals surface area contributed by atoms with Crippen LogP contribution in [-0.2, 0) is 82.8 Å². The molecule has 6 aliphatic carbocycles. The maximum atomic E-state index is 14.0. The summed E-state index contributed by atoms with van der Waals surface area (Å²) >= 11 is 0. The third-order valence-corrected chi connectivity index (χ3v) is 24.5. The number of anilines is 2. The lowest BCUT2D eigenvalue weighted by Crippen LogP contribution is -2.70. The second-order valence-electron chi connectivity index (χ2n) is 31.7. The molecule has 4 heterocycles. The quantitative estimate of drug-likeness (QED) is 0.0230. The number of amides is 2. The first-order chi connectivity index (χ1) is 53.4. The number of nitrogen functional groups attached to an aromatic ring is 1. The van der Waals surface area contributed by atoms with Crippen LogP contribution in [0.4, 0.5) is 21.0 Å². The number of ether oxygens (including phenoxy) is 12. The summed E-state index contributed by atoms with van der Waals surface area (Å²) in [6.45, 7) is 20.9. The number of fused-ring (bicyclic) bond motifs is 4. The molecule has 6 bridgehead atoms. The number of esters is 2. The van der Waals surface area contributed by atoms with Crippen molar-refractivity contribution in [3.8, 4) is 23.0 Å². The van der Waals surface area contributed by atoms with Gasteiger partial charge in [-0.2, -0.15) is 0 Å². The number of carbonyl (C=O) groups is 6. The molecule has 0 aromatic heterocycles. The number of Topliss-reactive ketones (excluding diaryl/α,β-unsaturated/α-hetero) is 2. The molecular weight excluding hydrogens is 1430 g/mol. The molecule has 25 heteroatoms. The Kier molecular flexibility index (Phi) is 21.2. The van der Waals surface area contributed by atoms with Crippen molar-refractivity contribution >= 4 is 47.1 Å². The van der Waals surface area contributed by atoms with Crippen LogP contribution in [0.5, 0.6) is 23.0 Å². The smallest absolute Gasteiger partial charge is 0.419 e. The highest BCUT2D eigenvalue weighted by molar-refractivity contribution is 6.05. The van der Waals surface area contributed by atoms with Gasteiger partial charge in [-0.25, -0.2) is 9.59 Å². The van der Waals surface area contributed by atoms with E-state index in [9.17, 15) is 39.0 Å². The molecule has 2 saturated carbocycles. The van der Waals surface area contributed by atoms with Crippen LogP contribution in [0, 0.1) is 35.5 Å². The van der Waals surface area contributed by atoms with Crippen LogP contribution in [-0.4, -0.2) is 169 Å². The molecule has 6 fully saturated rings. The third kappa shape index (κ3) is 13.5. The van der Waals surface area contributed by atoms with Crippen molar-refractivity contribution in [1.82, 2.24) is 4.90 Å². The second-order valence-corrected chi connectivity index (χ2v) is 31.7. The fourth-order valence-electron chi connectivity index (χ4n) is 19.4. The first-order valence-corrected chi connectivity index (χ1v) is 38.1. The van der Waals surface area contributed by atoms with Crippen LogP contribution >= 0.6 is 0 Å². The van der Waals surface area contributed by atoms with Crippen LogP contribution in [0.2, 0.25) is 0 Å². The van der Waals surface area contributed by atoms with Gasteiger partial charge in [-0.1, -0.05) is 136 Å². The Balaban J connectivity index is 0.000000186. The van der Waals surface area contributed by atoms with E-state index in [0.29, 0.717) is 70.5 Å². The minimum absolute atomic E-state index is 0.0511. The SMILES string of the molecule is C=C(C)[C@]12C[C@@H](C)[C@@]34O[C@](Cc5ccccc5)(O[C@@H]1[C@@H]3C=C(COC(=O)Cc1ccc(OC(=O)N(C)c3ccccc3N)c(OC)c1)C[C@]1(O)C(=O)C(C)=C[C@@H]41)O2.C=C(C)[C@]12C[C@@H](C)[C@@]34O[C@](Cc5ccccc5)(O[C@@H]1[C@@H]3C=C(COC(=O)Cc1ccc(OC(=O)N(CCN)CCN)c(OC)c1)C[C@]1(O)C(=O)C(C)=C[C@@H]41)O2. The Morgan fingerprint density at radius 2 is 0.964 bits per heavy atom. The third-order valence-electron chi connectivity index (χ3n) is 24.5. The van der Waals surface area contributed by atoms with Crippen LogP contribution in [0.15, 0.2) is 192 Å². The second kappa shape index (κ2) is 30.0. The van der Waals surface area contributed by atoms with Crippen molar-refractivity contribution in [3.05, 3.63) is 214 Å². The highest BCUT2D eigenvalue weighted by atomic mass is 16.9. The molecule has 0 unspecified atom stereocenters. The van der Waals surface area contributed by atoms with E-state index in [1.165, 1.54) is 24.0 Å². The van der Waals surface area contributed by atoms with Crippen molar-refractivity contribution in [2.75, 3.05) is 71.3 Å². The van der Waals surface area contributed by atoms with Gasteiger partial charge in [-0.3, -0.25) is 24.1 Å². The Morgan fingerprint density at radius 1 is 0.554 bits per heavy atom. The van der Waals surface area contributed by atoms with Crippen molar-refractivity contribution < 1.29 is 95.8 Å². The first-order valence-electron chi connectivity index (χ1n) is 38.1. The van der Waals surface area contributed by atoms with E-state index >= 15 is 0 Å². The van der Waals surface area contributed by atoms with Gasteiger partial charge in [0.15, 0.2) is 34.6 Å². The standard InChI is InChI=1S/C45H48N2O10.C42H51N3O10/c1-26(2)43-22-28(4)45-32(40(43)55-44(56-43,57-45)24-29-12-8-7-9-13-29)19-31(23-42(51)37(45)18-27(3)39(42)49)25-53-38(48)21-30-16-17-35(36(20-30)52-6)54-41(50)47(5)34-15-11-10-14-33(34)46;1-25(2)40-21-27(4)42-31(37(40)53-41(54-40,55-42)23-28-9-7-6-8-10-28)18-30(22-39(49)34(42)17-26(3)36(39)47)24-51-35(46)20-29-11-12-32(33(19-29)50-5)52-38(48)45(15-13-43)16-14-44/h7-20,28,32,37,40,51H,1,21-25,46H2,2-6H3;6-12,17-19,27,31,34,37,49H,1,13-16,20-24,43-44H2,2-5H3/t28-,32+,37-,40-,42-,43-,44-,45-;27-,31+,34-,37-,39-,40-,41-,42-/m11/s1. The molecule has 8 N–H and O–H groups in total. The Morgan fingerprint density at radius 3 is 1.37 bits per heavy atom. The van der Waals surface area contributed by atoms with Gasteiger partial charge in [-0.15, -0.1) is 0 Å². The van der Waals surface area contributed by atoms with Gasteiger partial charge in [0, 0.05) is 69.7 Å². The number of carbonyl (C=O) groups excluding carboxylic acids is 6. The number of ketones is 2. The fraction of sp³-hybridized carbons (Fsp3) is 0.448. The summed E-state index contributed by atoms with van der Waals surface area (Å²) < 4.78 is 75.8. The summed E-state index contributed by atoms with van der Waals surface area (Å²) in [5.41, 5.74) is 17.2. The molecule has 5 aromatic carbocycles. The number of hydrogen-bond donors (Lipinski definition) is 5. The van der Waals surface area contributed by atoms with Gasteiger partial charge in [0.05, 0.1) is 62.5 Å². The van der Waals surface area contributed by atoms with Gasteiger partial charge in [-0.05, 0) is 144 Å². The molecule has 25 nitrogen and oxygen atoms in total. The summed E-state index contributed by atoms with van der Waals surface area (Å²) in [6.07, 6.45) is 6.55. The summed E-state index contributed by atoms with van der Waals surface area (Å²) in [5.74, 6) is -6.79. The van der Waals surface area contributed by atoms with Gasteiger partial charge < -0.3 is 89.2 Å². The van der Waals surface area contributed by atoms with Gasteiger partial charge >= 0.3 is 24.1 Å². The minimum atomic E-state index is -1.85. The molecule has 4 aliphatic heterocycles. The lowest BCUT2D eigenvalue weighted by atomic mass is 9.55. The number of methoxy groups -OCH3 is 2. The van der Waals surface area contributed by atoms with E-state index in [4.69, 9.17) is 74.0 Å². The van der Waals surface area contributed by atoms with Gasteiger partial charge in [0.2, 0.25) is 0 Å². The van der Waals surface area contributed by atoms with Crippen LogP contribution in [0.25, 0.3) is 0 Å². The van der Waals surface area contributed by atoms with E-state index in [1.807, 2.05) is 98.8 Å². The van der Waals surface area contributed by atoms with Crippen molar-refractivity contribution in [2.45, 2.75) is 151 Å². The average Bonchev–Trinajstić information content (AvgIpc) is 1.49. The average molecular weight is 1530 g/mol. The largest absolute Gasteiger partial charge is 0.493 e. The fourth-order valence-corrected chi connectivity index (χ4v) is 19.4. The highest BCUT2D eigenvalue weighted by Crippen LogP contribution is 2.71. The number of nitrogens with two attached hydrogens (primary N) is 3. The molecule has 10 aliphatic rings. The summed E-state index contributed by atoms with van der Waals surface area (Å²) in [6, 6.07) is 36.1. The molecule has 15 rings (SSSR count). The molecule has 0 spiro atoms. The first kappa shape index (κ1) is 79.0. The summed E-state index contributed by atoms with van der Waals surface area (Å²) in [7, 11) is 4.41. The molecule has 4 saturated heterocycles. The molecule has 2 amide bonds. The summed E-state index contributed by atoms with van der Waals surface area (Å²) in [5, 5.41) is 25.1. The summed E-state index contributed by atoms with van der Waals surface area (Å²) in [4.78, 5) is 83.1. The Labute approximate surface area is 651 Å². The monoisotopic (exact) mass is 1530 g/mol. The zero-order valence-electron chi connectivity index (χ0n) is 64.7. The van der Waals surface area contributed by atoms with Crippen molar-refractivity contribution in [2.24, 2.45) is 47.0 Å². The number of rotatable bonds is 23. The predicted octanol–water partition coefficient (Wildman–Crippen LogP) is 10.0. The van der Waals surface area contributed by atoms with E-state index < -0.39 is 106 Å². The number of para-hydroxylation sites is 2. The zero-order chi connectivity index (χ0) is 79.8. The topological polar surface area (TPSA) is 338 Å². The van der Waals surface area contributed by atoms with Gasteiger partial charge in [0.25, 0.3) is 11.9 Å². The maximum Gasteiger partial charge on any atom is 0.419 e. The van der Waals surface area contributed by atoms with Crippen LogP contribution in [0.3, 0.4) is 0 Å². The number of hydrogen-bond acceptors (Lipinski definition) is 23. The molecular formula is C87H99N5O20. The predicted molar refractivity (Wildman–Crippen MR) is 411 cm³/mol. The van der Waals surface area contributed by atoms with E-state index in [0.717, 1.165) is 22.3 Å². The van der Waals surface area contributed by atoms with Gasteiger partial charge in [0.1, 0.15) is 47.8 Å². The zero-order valence-corrected chi connectivity index (χ0v) is 64.7. The minimum Gasteiger partial charge on any atom is -0.493 e. The van der Waals surface area contributed by atoms with Crippen molar-refractivity contribution in [3.63, 3.8) is 0 Å². The molecule has 5 aromatic rings. The normalized spacial score (nSPS) is 32.4.